The smallest absolute Gasteiger partial charge is 0.243 e. The summed E-state index contributed by atoms with van der Waals surface area (Å²) in [5, 5.41) is 5.16. The summed E-state index contributed by atoms with van der Waals surface area (Å²) >= 11 is 7.39. The first-order chi connectivity index (χ1) is 14.5. The van der Waals surface area contributed by atoms with Crippen molar-refractivity contribution in [3.8, 4) is 0 Å². The Bertz CT molecular complexity index is 1010. The topological polar surface area (TPSA) is 69.7 Å². The van der Waals surface area contributed by atoms with Crippen LogP contribution in [0.3, 0.4) is 0 Å². The minimum Gasteiger partial charge on any atom is -0.339 e. The van der Waals surface area contributed by atoms with Gasteiger partial charge in [-0.05, 0) is 35.1 Å². The molecule has 0 aliphatic carbocycles. The molecule has 1 fully saturated rings. The molecule has 2 heterocycles. The Kier molecular flexibility index (Phi) is 7.43. The molecule has 1 aliphatic rings. The van der Waals surface area contributed by atoms with Gasteiger partial charge in [0, 0.05) is 37.1 Å². The second-order valence-electron chi connectivity index (χ2n) is 8.56. The first kappa shape index (κ1) is 24.1. The lowest BCUT2D eigenvalue weighted by Crippen LogP contribution is -2.52. The monoisotopic (exact) mass is 487 g/mol. The van der Waals surface area contributed by atoms with Crippen molar-refractivity contribution in [3.05, 3.63) is 51.4 Å². The Morgan fingerprint density at radius 3 is 2.45 bits per heavy atom. The van der Waals surface area contributed by atoms with E-state index in [4.69, 9.17) is 11.6 Å². The van der Waals surface area contributed by atoms with E-state index in [9.17, 15) is 17.6 Å². The van der Waals surface area contributed by atoms with Crippen molar-refractivity contribution < 1.29 is 17.6 Å². The highest BCUT2D eigenvalue weighted by atomic mass is 35.5. The molecule has 1 aliphatic heterocycles. The number of carbonyl (C=O) groups is 1. The Morgan fingerprint density at radius 2 is 1.90 bits per heavy atom. The standard InChI is InChI=1S/C21H27ClFN3O3S2/c1-21(2,3)20(18-5-4-12-30-18)24-14-19(27)25-8-10-26(11-9-25)31(28,29)15-6-7-17(23)16(22)13-15/h4-7,12-13,20,24H,8-11,14H2,1-3H3. The molecule has 0 bridgehead atoms. The molecule has 3 rings (SSSR count). The van der Waals surface area contributed by atoms with E-state index >= 15 is 0 Å². The predicted octanol–water partition coefficient (Wildman–Crippen LogP) is 3.75. The van der Waals surface area contributed by atoms with E-state index < -0.39 is 15.8 Å². The van der Waals surface area contributed by atoms with Crippen molar-refractivity contribution in [2.45, 2.75) is 31.7 Å². The van der Waals surface area contributed by atoms with Gasteiger partial charge in [-0.3, -0.25) is 4.79 Å². The van der Waals surface area contributed by atoms with Gasteiger partial charge in [0.25, 0.3) is 0 Å². The normalized spacial score (nSPS) is 17.0. The van der Waals surface area contributed by atoms with Crippen LogP contribution in [-0.2, 0) is 14.8 Å². The number of sulfonamides is 1. The molecule has 1 amide bonds. The van der Waals surface area contributed by atoms with Crippen LogP contribution in [0.15, 0.2) is 40.6 Å². The van der Waals surface area contributed by atoms with Gasteiger partial charge in [0.05, 0.1) is 16.5 Å². The molecule has 2 aromatic rings. The second-order valence-corrected chi connectivity index (χ2v) is 11.9. The van der Waals surface area contributed by atoms with Crippen LogP contribution in [0.4, 0.5) is 4.39 Å². The molecule has 1 atom stereocenters. The second kappa shape index (κ2) is 9.54. The fourth-order valence-electron chi connectivity index (χ4n) is 3.55. The largest absolute Gasteiger partial charge is 0.339 e. The zero-order chi connectivity index (χ0) is 22.8. The molecule has 1 aromatic heterocycles. The van der Waals surface area contributed by atoms with Crippen LogP contribution in [0.1, 0.15) is 31.7 Å². The van der Waals surface area contributed by atoms with Crippen LogP contribution in [0.25, 0.3) is 0 Å². The molecule has 6 nitrogen and oxygen atoms in total. The molecule has 170 valence electrons. The minimum absolute atomic E-state index is 0.0429. The summed E-state index contributed by atoms with van der Waals surface area (Å²) in [6.07, 6.45) is 0. The Hall–Kier alpha value is -1.52. The van der Waals surface area contributed by atoms with Crippen molar-refractivity contribution in [3.63, 3.8) is 0 Å². The van der Waals surface area contributed by atoms with Gasteiger partial charge >= 0.3 is 0 Å². The van der Waals surface area contributed by atoms with Crippen LogP contribution < -0.4 is 5.32 Å². The van der Waals surface area contributed by atoms with Gasteiger partial charge in [0.2, 0.25) is 15.9 Å². The summed E-state index contributed by atoms with van der Waals surface area (Å²) in [6, 6.07) is 7.46. The first-order valence-corrected chi connectivity index (χ1v) is 12.7. The molecule has 10 heteroatoms. The average molecular weight is 488 g/mol. The fraction of sp³-hybridized carbons (Fsp3) is 0.476. The fourth-order valence-corrected chi connectivity index (χ4v) is 6.29. The highest BCUT2D eigenvalue weighted by molar-refractivity contribution is 7.89. The summed E-state index contributed by atoms with van der Waals surface area (Å²) in [6.45, 7) is 7.51. The van der Waals surface area contributed by atoms with Gasteiger partial charge in [-0.25, -0.2) is 12.8 Å². The maximum Gasteiger partial charge on any atom is 0.243 e. The van der Waals surface area contributed by atoms with Crippen LogP contribution in [0.5, 0.6) is 0 Å². The number of amides is 1. The molecule has 1 N–H and O–H groups in total. The summed E-state index contributed by atoms with van der Waals surface area (Å²) in [4.78, 5) is 15.5. The third kappa shape index (κ3) is 5.64. The maximum absolute atomic E-state index is 13.4. The number of nitrogens with zero attached hydrogens (tertiary/aromatic N) is 2. The highest BCUT2D eigenvalue weighted by Gasteiger charge is 2.32. The molecular weight excluding hydrogens is 461 g/mol. The summed E-state index contributed by atoms with van der Waals surface area (Å²) < 4.78 is 40.3. The number of hydrogen-bond donors (Lipinski definition) is 1. The zero-order valence-corrected chi connectivity index (χ0v) is 20.2. The number of rotatable bonds is 6. The van der Waals surface area contributed by atoms with E-state index in [1.165, 1.54) is 15.2 Å². The van der Waals surface area contributed by atoms with E-state index in [1.54, 1.807) is 16.2 Å². The highest BCUT2D eigenvalue weighted by Crippen LogP contribution is 2.35. The van der Waals surface area contributed by atoms with Crippen molar-refractivity contribution in [2.24, 2.45) is 5.41 Å². The zero-order valence-electron chi connectivity index (χ0n) is 17.8. The Morgan fingerprint density at radius 1 is 1.23 bits per heavy atom. The van der Waals surface area contributed by atoms with Gasteiger partial charge in [-0.2, -0.15) is 4.31 Å². The number of benzene rings is 1. The average Bonchev–Trinajstić information content (AvgIpc) is 3.23. The number of hydrogen-bond acceptors (Lipinski definition) is 5. The van der Waals surface area contributed by atoms with Gasteiger partial charge in [0.15, 0.2) is 0 Å². The van der Waals surface area contributed by atoms with Gasteiger partial charge in [-0.1, -0.05) is 38.4 Å². The number of carbonyl (C=O) groups excluding carboxylic acids is 1. The van der Waals surface area contributed by atoms with E-state index in [2.05, 4.69) is 32.2 Å². The Balaban J connectivity index is 1.58. The lowest BCUT2D eigenvalue weighted by Gasteiger charge is -2.35. The van der Waals surface area contributed by atoms with Gasteiger partial charge < -0.3 is 10.2 Å². The summed E-state index contributed by atoms with van der Waals surface area (Å²) in [7, 11) is -3.80. The number of nitrogens with one attached hydrogen (secondary N) is 1. The SMILES string of the molecule is CC(C)(C)C(NCC(=O)N1CCN(S(=O)(=O)c2ccc(F)c(Cl)c2)CC1)c1cccs1. The molecule has 0 radical (unpaired) electrons. The molecule has 0 saturated carbocycles. The van der Waals surface area contributed by atoms with Crippen molar-refractivity contribution in [1.29, 1.82) is 0 Å². The minimum atomic E-state index is -3.80. The lowest BCUT2D eigenvalue weighted by molar-refractivity contribution is -0.131. The van der Waals surface area contributed by atoms with Crippen molar-refractivity contribution >= 4 is 38.9 Å². The first-order valence-electron chi connectivity index (χ1n) is 10.00. The maximum atomic E-state index is 13.4. The number of halogens is 2. The summed E-state index contributed by atoms with van der Waals surface area (Å²) in [5.41, 5.74) is -0.0612. The van der Waals surface area contributed by atoms with Crippen LogP contribution in [0.2, 0.25) is 5.02 Å². The summed E-state index contributed by atoms with van der Waals surface area (Å²) in [5.74, 6) is -0.729. The van der Waals surface area contributed by atoms with Crippen LogP contribution in [-0.4, -0.2) is 56.3 Å². The van der Waals surface area contributed by atoms with E-state index in [-0.39, 0.29) is 46.9 Å². The third-order valence-electron chi connectivity index (χ3n) is 5.27. The van der Waals surface area contributed by atoms with E-state index in [1.807, 2.05) is 11.4 Å². The Labute approximate surface area is 192 Å². The van der Waals surface area contributed by atoms with Crippen molar-refractivity contribution in [2.75, 3.05) is 32.7 Å². The number of thiophene rings is 1. The predicted molar refractivity (Wildman–Crippen MR) is 121 cm³/mol. The molecule has 1 saturated heterocycles. The van der Waals surface area contributed by atoms with E-state index in [0.717, 1.165) is 12.1 Å². The van der Waals surface area contributed by atoms with Gasteiger partial charge in [-0.15, -0.1) is 11.3 Å². The van der Waals surface area contributed by atoms with Crippen LogP contribution in [0, 0.1) is 11.2 Å². The third-order valence-corrected chi connectivity index (χ3v) is 8.39. The molecule has 31 heavy (non-hydrogen) atoms. The number of piperazine rings is 1. The molecular formula is C21H27ClFN3O3S2. The quantitative estimate of drug-likeness (QED) is 0.673. The lowest BCUT2D eigenvalue weighted by atomic mass is 9.86. The van der Waals surface area contributed by atoms with Crippen molar-refractivity contribution in [1.82, 2.24) is 14.5 Å². The van der Waals surface area contributed by atoms with Crippen LogP contribution >= 0.6 is 22.9 Å². The van der Waals surface area contributed by atoms with Gasteiger partial charge in [0.1, 0.15) is 5.82 Å². The molecule has 1 unspecified atom stereocenters. The van der Waals surface area contributed by atoms with E-state index in [0.29, 0.717) is 13.1 Å². The molecule has 0 spiro atoms. The molecule has 1 aromatic carbocycles.